The van der Waals surface area contributed by atoms with Crippen molar-refractivity contribution in [2.75, 3.05) is 6.54 Å². The van der Waals surface area contributed by atoms with Gasteiger partial charge in [-0.15, -0.1) is 0 Å². The lowest BCUT2D eigenvalue weighted by Crippen LogP contribution is -2.37. The number of rotatable bonds is 1. The van der Waals surface area contributed by atoms with E-state index in [1.165, 1.54) is 10.4 Å². The molecular weight excluding hydrogens is 266 g/mol. The first-order valence-corrected chi connectivity index (χ1v) is 7.86. The molecule has 0 atom stereocenters. The topological polar surface area (TPSA) is 12.0 Å². The second-order valence-corrected chi connectivity index (χ2v) is 4.42. The molecule has 1 aromatic carbocycles. The Kier molecular flexibility index (Phi) is 8.23. The second kappa shape index (κ2) is 10.3. The SMILES string of the molecule is C1=C=C(C2=c3ccccc3=CCN2)C=CC=1.CC.CC=CC. The molecule has 1 aliphatic heterocycles. The molecule has 0 radical (unpaired) electrons. The maximum Gasteiger partial charge on any atom is 0.0581 e. The van der Waals surface area contributed by atoms with E-state index >= 15 is 0 Å². The molecule has 0 amide bonds. The van der Waals surface area contributed by atoms with Gasteiger partial charge in [0.05, 0.1) is 5.70 Å². The van der Waals surface area contributed by atoms with Crippen LogP contribution in [0.25, 0.3) is 11.8 Å². The van der Waals surface area contributed by atoms with Gasteiger partial charge in [-0.05, 0) is 31.2 Å². The fourth-order valence-electron chi connectivity index (χ4n) is 2.00. The lowest BCUT2D eigenvalue weighted by Gasteiger charge is -2.13. The van der Waals surface area contributed by atoms with Crippen molar-refractivity contribution in [2.24, 2.45) is 0 Å². The average molecular weight is 291 g/mol. The van der Waals surface area contributed by atoms with Crippen molar-refractivity contribution in [3.05, 3.63) is 82.1 Å². The Balaban J connectivity index is 0.000000354. The molecule has 1 N–H and O–H groups in total. The molecule has 1 aliphatic carbocycles. The quantitative estimate of drug-likeness (QED) is 0.616. The zero-order valence-electron chi connectivity index (χ0n) is 14.0. The van der Waals surface area contributed by atoms with Gasteiger partial charge < -0.3 is 5.32 Å². The first-order valence-electron chi connectivity index (χ1n) is 7.86. The van der Waals surface area contributed by atoms with Gasteiger partial charge in [0.2, 0.25) is 0 Å². The molecule has 0 unspecified atom stereocenters. The molecular formula is C21H25N. The largest absolute Gasteiger partial charge is 0.380 e. The molecule has 1 heterocycles. The highest BCUT2D eigenvalue weighted by atomic mass is 14.9. The molecule has 1 heteroatoms. The van der Waals surface area contributed by atoms with Crippen molar-refractivity contribution in [2.45, 2.75) is 27.7 Å². The third-order valence-electron chi connectivity index (χ3n) is 3.08. The second-order valence-electron chi connectivity index (χ2n) is 4.42. The van der Waals surface area contributed by atoms with Crippen LogP contribution in [-0.2, 0) is 0 Å². The van der Waals surface area contributed by atoms with E-state index in [0.29, 0.717) is 0 Å². The predicted molar refractivity (Wildman–Crippen MR) is 97.7 cm³/mol. The van der Waals surface area contributed by atoms with Gasteiger partial charge in [-0.1, -0.05) is 73.9 Å². The first kappa shape index (κ1) is 17.6. The van der Waals surface area contributed by atoms with Crippen LogP contribution in [0.3, 0.4) is 0 Å². The molecule has 0 aromatic heterocycles. The number of hydrogen-bond acceptors (Lipinski definition) is 1. The fourth-order valence-corrected chi connectivity index (χ4v) is 2.00. The van der Waals surface area contributed by atoms with Crippen LogP contribution in [0.5, 0.6) is 0 Å². The van der Waals surface area contributed by atoms with Crippen molar-refractivity contribution in [1.82, 2.24) is 5.32 Å². The molecule has 114 valence electrons. The van der Waals surface area contributed by atoms with Crippen LogP contribution in [0.2, 0.25) is 0 Å². The Morgan fingerprint density at radius 3 is 2.45 bits per heavy atom. The van der Waals surface area contributed by atoms with Crippen LogP contribution in [0.15, 0.2) is 71.7 Å². The third kappa shape index (κ3) is 4.82. The van der Waals surface area contributed by atoms with Gasteiger partial charge in [0, 0.05) is 17.3 Å². The minimum Gasteiger partial charge on any atom is -0.380 e. The standard InChI is InChI=1S/C15H11N.C4H8.C2H6/c1-2-7-13(8-3-1)15-14-9-5-4-6-12(14)10-11-16-15;1-3-4-2;1-2/h1-2,4-7,9-10,16H,11H2;3-4H,1-2H3;1-2H3. The lowest BCUT2D eigenvalue weighted by molar-refractivity contribution is 1.01. The molecule has 0 spiro atoms. The van der Waals surface area contributed by atoms with Crippen molar-refractivity contribution in [3.63, 3.8) is 0 Å². The monoisotopic (exact) mass is 291 g/mol. The van der Waals surface area contributed by atoms with E-state index in [1.807, 2.05) is 52.0 Å². The van der Waals surface area contributed by atoms with Gasteiger partial charge in [0.1, 0.15) is 0 Å². The van der Waals surface area contributed by atoms with Gasteiger partial charge in [-0.3, -0.25) is 0 Å². The van der Waals surface area contributed by atoms with E-state index in [4.69, 9.17) is 0 Å². The number of hydrogen-bond donors (Lipinski definition) is 1. The van der Waals surface area contributed by atoms with Crippen molar-refractivity contribution >= 4 is 11.8 Å². The molecule has 0 bridgehead atoms. The Labute approximate surface area is 134 Å². The van der Waals surface area contributed by atoms with Crippen molar-refractivity contribution in [1.29, 1.82) is 0 Å². The van der Waals surface area contributed by atoms with Gasteiger partial charge in [-0.2, -0.15) is 0 Å². The summed E-state index contributed by atoms with van der Waals surface area (Å²) in [5.74, 6) is 0. The minimum absolute atomic E-state index is 0.870. The average Bonchev–Trinajstić information content (AvgIpc) is 2.64. The maximum atomic E-state index is 3.40. The third-order valence-corrected chi connectivity index (χ3v) is 3.08. The van der Waals surface area contributed by atoms with Crippen LogP contribution in [-0.4, -0.2) is 6.54 Å². The van der Waals surface area contributed by atoms with Crippen LogP contribution >= 0.6 is 0 Å². The summed E-state index contributed by atoms with van der Waals surface area (Å²) in [6, 6.07) is 8.41. The Morgan fingerprint density at radius 1 is 1.09 bits per heavy atom. The van der Waals surface area contributed by atoms with Crippen LogP contribution in [0.4, 0.5) is 0 Å². The summed E-state index contributed by atoms with van der Waals surface area (Å²) >= 11 is 0. The van der Waals surface area contributed by atoms with Gasteiger partial charge in [-0.25, -0.2) is 0 Å². The molecule has 22 heavy (non-hydrogen) atoms. The molecule has 3 rings (SSSR count). The molecule has 0 saturated heterocycles. The summed E-state index contributed by atoms with van der Waals surface area (Å²) in [6.07, 6.45) is 12.1. The lowest BCUT2D eigenvalue weighted by atomic mass is 10.0. The Hall–Kier alpha value is -2.46. The zero-order valence-corrected chi connectivity index (χ0v) is 14.0. The highest BCUT2D eigenvalue weighted by Crippen LogP contribution is 2.09. The van der Waals surface area contributed by atoms with Crippen molar-refractivity contribution in [3.8, 4) is 0 Å². The Morgan fingerprint density at radius 2 is 1.82 bits per heavy atom. The Bertz CT molecular complexity index is 743. The first-order chi connectivity index (χ1) is 10.9. The molecule has 1 aromatic rings. The minimum atomic E-state index is 0.870. The summed E-state index contributed by atoms with van der Waals surface area (Å²) in [6.45, 7) is 8.87. The van der Waals surface area contributed by atoms with Crippen LogP contribution in [0.1, 0.15) is 27.7 Å². The molecule has 2 aliphatic rings. The smallest absolute Gasteiger partial charge is 0.0581 e. The van der Waals surface area contributed by atoms with Crippen molar-refractivity contribution < 1.29 is 0 Å². The summed E-state index contributed by atoms with van der Waals surface area (Å²) < 4.78 is 0. The number of benzene rings is 1. The van der Waals surface area contributed by atoms with Gasteiger partial charge >= 0.3 is 0 Å². The van der Waals surface area contributed by atoms with E-state index in [9.17, 15) is 0 Å². The normalized spacial score (nSPS) is 13.8. The molecule has 0 saturated carbocycles. The van der Waals surface area contributed by atoms with E-state index in [-0.39, 0.29) is 0 Å². The van der Waals surface area contributed by atoms with Gasteiger partial charge in [0.15, 0.2) is 0 Å². The summed E-state index contributed by atoms with van der Waals surface area (Å²) in [4.78, 5) is 0. The number of allylic oxidation sites excluding steroid dienone is 4. The number of fused-ring (bicyclic) bond motifs is 1. The summed E-state index contributed by atoms with van der Waals surface area (Å²) in [5.41, 5.74) is 8.35. The predicted octanol–water partition coefficient (Wildman–Crippen LogP) is 3.59. The van der Waals surface area contributed by atoms with E-state index < -0.39 is 0 Å². The van der Waals surface area contributed by atoms with Gasteiger partial charge in [0.25, 0.3) is 0 Å². The summed E-state index contributed by atoms with van der Waals surface area (Å²) in [5, 5.41) is 5.93. The fraction of sp³-hybridized carbons (Fsp3) is 0.238. The molecule has 0 fully saturated rings. The van der Waals surface area contributed by atoms with E-state index in [1.54, 1.807) is 0 Å². The number of nitrogens with one attached hydrogen (secondary N) is 1. The molecule has 1 nitrogen and oxygen atoms in total. The zero-order chi connectivity index (χ0) is 16.2. The highest BCUT2D eigenvalue weighted by Gasteiger charge is 2.06. The van der Waals surface area contributed by atoms with E-state index in [2.05, 4.69) is 53.2 Å². The van der Waals surface area contributed by atoms with E-state index in [0.717, 1.165) is 17.8 Å². The van der Waals surface area contributed by atoms with Crippen LogP contribution < -0.4 is 15.8 Å². The summed E-state index contributed by atoms with van der Waals surface area (Å²) in [7, 11) is 0. The van der Waals surface area contributed by atoms with Crippen LogP contribution in [0, 0.1) is 0 Å². The highest BCUT2D eigenvalue weighted by molar-refractivity contribution is 5.69. The maximum absolute atomic E-state index is 3.40.